The van der Waals surface area contributed by atoms with Crippen molar-refractivity contribution in [3.05, 3.63) is 47.3 Å². The van der Waals surface area contributed by atoms with Crippen molar-refractivity contribution in [1.82, 2.24) is 15.1 Å². The highest BCUT2D eigenvalue weighted by molar-refractivity contribution is 5.94. The predicted octanol–water partition coefficient (Wildman–Crippen LogP) is 2.63. The predicted molar refractivity (Wildman–Crippen MR) is 90.8 cm³/mol. The number of aryl methyl sites for hydroxylation is 2. The van der Waals surface area contributed by atoms with Crippen molar-refractivity contribution in [2.24, 2.45) is 5.92 Å². The maximum absolute atomic E-state index is 12.3. The highest BCUT2D eigenvalue weighted by atomic mass is 16.3. The quantitative estimate of drug-likeness (QED) is 0.861. The Hall–Kier alpha value is -2.14. The molecule has 1 aromatic carbocycles. The van der Waals surface area contributed by atoms with E-state index in [1.54, 1.807) is 12.1 Å². The number of aliphatic hydroxyl groups excluding tert-OH is 1. The smallest absolute Gasteiger partial charge is 0.251 e. The van der Waals surface area contributed by atoms with Gasteiger partial charge in [0.1, 0.15) is 0 Å². The summed E-state index contributed by atoms with van der Waals surface area (Å²) in [6.07, 6.45) is 0.756. The zero-order valence-electron chi connectivity index (χ0n) is 14.2. The average molecular weight is 315 g/mol. The third kappa shape index (κ3) is 4.42. The van der Waals surface area contributed by atoms with Gasteiger partial charge in [-0.15, -0.1) is 0 Å². The molecule has 0 spiro atoms. The molecule has 5 heteroatoms. The lowest BCUT2D eigenvalue weighted by Gasteiger charge is -2.18. The summed E-state index contributed by atoms with van der Waals surface area (Å²) in [6.45, 7) is 8.04. The van der Waals surface area contributed by atoms with E-state index in [1.807, 2.05) is 36.7 Å². The molecule has 0 saturated heterocycles. The normalized spacial score (nSPS) is 12.4. The van der Waals surface area contributed by atoms with Crippen LogP contribution in [0.1, 0.15) is 42.0 Å². The van der Waals surface area contributed by atoms with E-state index in [1.165, 1.54) is 0 Å². The standard InChI is InChI=1S/C18H25N3O2/c1-12(2)9-16(11-22)19-18(23)15-5-7-17(8-6-15)21-14(4)10-13(3)20-21/h5-8,10,12,16,22H,9,11H2,1-4H3,(H,19,23). The number of rotatable bonds is 6. The highest BCUT2D eigenvalue weighted by Gasteiger charge is 2.14. The van der Waals surface area contributed by atoms with Gasteiger partial charge in [-0.25, -0.2) is 4.68 Å². The first-order valence-electron chi connectivity index (χ1n) is 7.96. The summed E-state index contributed by atoms with van der Waals surface area (Å²) in [5.41, 5.74) is 3.52. The Balaban J connectivity index is 2.09. The van der Waals surface area contributed by atoms with Crippen LogP contribution < -0.4 is 5.32 Å². The van der Waals surface area contributed by atoms with Crippen LogP contribution in [0.15, 0.2) is 30.3 Å². The first-order valence-corrected chi connectivity index (χ1v) is 7.96. The Morgan fingerprint density at radius 3 is 2.39 bits per heavy atom. The Bertz CT molecular complexity index is 659. The maximum atomic E-state index is 12.3. The summed E-state index contributed by atoms with van der Waals surface area (Å²) < 4.78 is 1.85. The minimum Gasteiger partial charge on any atom is -0.394 e. The summed E-state index contributed by atoms with van der Waals surface area (Å²) in [6, 6.07) is 9.13. The molecule has 2 aromatic rings. The van der Waals surface area contributed by atoms with Gasteiger partial charge in [-0.1, -0.05) is 13.8 Å². The monoisotopic (exact) mass is 315 g/mol. The van der Waals surface area contributed by atoms with E-state index in [9.17, 15) is 9.90 Å². The molecule has 23 heavy (non-hydrogen) atoms. The van der Waals surface area contributed by atoms with Crippen LogP contribution in [0.5, 0.6) is 0 Å². The number of amides is 1. The number of hydrogen-bond donors (Lipinski definition) is 2. The Morgan fingerprint density at radius 2 is 1.91 bits per heavy atom. The van der Waals surface area contributed by atoms with E-state index in [0.717, 1.165) is 23.5 Å². The van der Waals surface area contributed by atoms with Crippen molar-refractivity contribution in [3.8, 4) is 5.69 Å². The van der Waals surface area contributed by atoms with Crippen LogP contribution in [0.3, 0.4) is 0 Å². The maximum Gasteiger partial charge on any atom is 0.251 e. The minimum absolute atomic E-state index is 0.0479. The zero-order chi connectivity index (χ0) is 17.0. The average Bonchev–Trinajstić information content (AvgIpc) is 2.84. The lowest BCUT2D eigenvalue weighted by Crippen LogP contribution is -2.38. The first kappa shape index (κ1) is 17.2. The molecule has 1 amide bonds. The van der Waals surface area contributed by atoms with Gasteiger partial charge in [-0.2, -0.15) is 5.10 Å². The second kappa shape index (κ2) is 7.42. The third-order valence-electron chi connectivity index (χ3n) is 3.70. The van der Waals surface area contributed by atoms with Crippen LogP contribution in [0.4, 0.5) is 0 Å². The lowest BCUT2D eigenvalue weighted by molar-refractivity contribution is 0.0908. The van der Waals surface area contributed by atoms with Crippen LogP contribution in [0.2, 0.25) is 0 Å². The first-order chi connectivity index (χ1) is 10.9. The third-order valence-corrected chi connectivity index (χ3v) is 3.70. The van der Waals surface area contributed by atoms with Crippen LogP contribution >= 0.6 is 0 Å². The van der Waals surface area contributed by atoms with E-state index in [0.29, 0.717) is 11.5 Å². The van der Waals surface area contributed by atoms with Crippen molar-refractivity contribution in [3.63, 3.8) is 0 Å². The van der Waals surface area contributed by atoms with Gasteiger partial charge in [0.15, 0.2) is 0 Å². The number of benzene rings is 1. The van der Waals surface area contributed by atoms with Crippen molar-refractivity contribution < 1.29 is 9.90 Å². The summed E-state index contributed by atoms with van der Waals surface area (Å²) in [5.74, 6) is 0.255. The van der Waals surface area contributed by atoms with Gasteiger partial charge in [0.2, 0.25) is 0 Å². The molecule has 1 aromatic heterocycles. The van der Waals surface area contributed by atoms with E-state index in [2.05, 4.69) is 24.3 Å². The van der Waals surface area contributed by atoms with Crippen molar-refractivity contribution in [2.45, 2.75) is 40.2 Å². The van der Waals surface area contributed by atoms with E-state index in [-0.39, 0.29) is 18.6 Å². The van der Waals surface area contributed by atoms with Crippen LogP contribution in [-0.4, -0.2) is 33.4 Å². The number of hydrogen-bond acceptors (Lipinski definition) is 3. The van der Waals surface area contributed by atoms with Crippen LogP contribution in [0, 0.1) is 19.8 Å². The van der Waals surface area contributed by atoms with Gasteiger partial charge < -0.3 is 10.4 Å². The van der Waals surface area contributed by atoms with E-state index >= 15 is 0 Å². The number of nitrogens with zero attached hydrogens (tertiary/aromatic N) is 2. The van der Waals surface area contributed by atoms with Gasteiger partial charge in [0.05, 0.1) is 24.0 Å². The molecule has 0 bridgehead atoms. The Morgan fingerprint density at radius 1 is 1.26 bits per heavy atom. The Kier molecular flexibility index (Phi) is 5.55. The molecular formula is C18H25N3O2. The van der Waals surface area contributed by atoms with Gasteiger partial charge in [0.25, 0.3) is 5.91 Å². The fraction of sp³-hybridized carbons (Fsp3) is 0.444. The fourth-order valence-corrected chi connectivity index (χ4v) is 2.66. The van der Waals surface area contributed by atoms with Gasteiger partial charge in [-0.3, -0.25) is 4.79 Å². The topological polar surface area (TPSA) is 67.2 Å². The van der Waals surface area contributed by atoms with Crippen LogP contribution in [0.25, 0.3) is 5.69 Å². The van der Waals surface area contributed by atoms with Crippen molar-refractivity contribution in [2.75, 3.05) is 6.61 Å². The number of nitrogens with one attached hydrogen (secondary N) is 1. The molecule has 1 unspecified atom stereocenters. The summed E-state index contributed by atoms with van der Waals surface area (Å²) in [5, 5.41) is 16.7. The number of carbonyl (C=O) groups is 1. The molecular weight excluding hydrogens is 290 g/mol. The van der Waals surface area contributed by atoms with E-state index in [4.69, 9.17) is 0 Å². The summed E-state index contributed by atoms with van der Waals surface area (Å²) in [7, 11) is 0. The molecule has 2 N–H and O–H groups in total. The number of aromatic nitrogens is 2. The second-order valence-corrected chi connectivity index (χ2v) is 6.37. The fourth-order valence-electron chi connectivity index (χ4n) is 2.66. The molecule has 5 nitrogen and oxygen atoms in total. The minimum atomic E-state index is -0.210. The molecule has 1 atom stereocenters. The van der Waals surface area contributed by atoms with Gasteiger partial charge >= 0.3 is 0 Å². The summed E-state index contributed by atoms with van der Waals surface area (Å²) in [4.78, 5) is 12.3. The number of aliphatic hydroxyl groups is 1. The molecule has 0 aliphatic heterocycles. The van der Waals surface area contributed by atoms with Gasteiger partial charge in [0, 0.05) is 11.3 Å². The SMILES string of the molecule is Cc1cc(C)n(-c2ccc(C(=O)NC(CO)CC(C)C)cc2)n1. The van der Waals surface area contributed by atoms with Crippen molar-refractivity contribution in [1.29, 1.82) is 0 Å². The zero-order valence-corrected chi connectivity index (χ0v) is 14.2. The summed E-state index contributed by atoms with van der Waals surface area (Å²) >= 11 is 0. The molecule has 0 radical (unpaired) electrons. The molecule has 0 aliphatic carbocycles. The second-order valence-electron chi connectivity index (χ2n) is 6.37. The van der Waals surface area contributed by atoms with Crippen LogP contribution in [-0.2, 0) is 0 Å². The lowest BCUT2D eigenvalue weighted by atomic mass is 10.0. The number of carbonyl (C=O) groups excluding carboxylic acids is 1. The van der Waals surface area contributed by atoms with Gasteiger partial charge in [-0.05, 0) is 56.5 Å². The Labute approximate surface area is 137 Å². The molecule has 1 heterocycles. The largest absolute Gasteiger partial charge is 0.394 e. The molecule has 0 saturated carbocycles. The molecule has 2 rings (SSSR count). The molecule has 0 aliphatic rings. The molecule has 124 valence electrons. The van der Waals surface area contributed by atoms with Crippen molar-refractivity contribution >= 4 is 5.91 Å². The van der Waals surface area contributed by atoms with E-state index < -0.39 is 0 Å². The molecule has 0 fully saturated rings. The highest BCUT2D eigenvalue weighted by Crippen LogP contribution is 2.13.